The standard InChI is InChI=1S/C14H18N4OS/c1-9-2-4-11(13(15)20)14(16-9)17-6-7-18-10(8-17)3-5-12(18)19/h2,4,10H,3,5-8H2,1H3,(H2,15,20). The number of anilines is 1. The second kappa shape index (κ2) is 5.01. The Balaban J connectivity index is 1.89. The zero-order chi connectivity index (χ0) is 14.3. The van der Waals surface area contributed by atoms with Crippen LogP contribution in [0.5, 0.6) is 0 Å². The predicted molar refractivity (Wildman–Crippen MR) is 81.8 cm³/mol. The van der Waals surface area contributed by atoms with Crippen LogP contribution >= 0.6 is 12.2 Å². The number of rotatable bonds is 2. The molecular formula is C14H18N4OS. The van der Waals surface area contributed by atoms with Gasteiger partial charge in [-0.25, -0.2) is 4.98 Å². The summed E-state index contributed by atoms with van der Waals surface area (Å²) in [6.45, 7) is 4.32. The van der Waals surface area contributed by atoms with Crippen molar-refractivity contribution in [3.8, 4) is 0 Å². The predicted octanol–water partition coefficient (Wildman–Crippen LogP) is 0.835. The molecule has 20 heavy (non-hydrogen) atoms. The lowest BCUT2D eigenvalue weighted by molar-refractivity contribution is -0.129. The number of amides is 1. The number of fused-ring (bicyclic) bond motifs is 1. The van der Waals surface area contributed by atoms with E-state index >= 15 is 0 Å². The topological polar surface area (TPSA) is 62.5 Å². The van der Waals surface area contributed by atoms with Crippen molar-refractivity contribution < 1.29 is 4.79 Å². The van der Waals surface area contributed by atoms with Crippen LogP contribution < -0.4 is 10.6 Å². The van der Waals surface area contributed by atoms with Gasteiger partial charge in [-0.05, 0) is 25.5 Å². The number of aromatic nitrogens is 1. The molecule has 0 bridgehead atoms. The molecule has 0 saturated carbocycles. The molecule has 106 valence electrons. The molecule has 1 atom stereocenters. The molecule has 0 aliphatic carbocycles. The second-order valence-electron chi connectivity index (χ2n) is 5.41. The Morgan fingerprint density at radius 3 is 3.00 bits per heavy atom. The second-order valence-corrected chi connectivity index (χ2v) is 5.85. The van der Waals surface area contributed by atoms with Gasteiger partial charge in [-0.3, -0.25) is 4.79 Å². The highest BCUT2D eigenvalue weighted by molar-refractivity contribution is 7.80. The molecule has 2 aliphatic rings. The van der Waals surface area contributed by atoms with Gasteiger partial charge in [0.15, 0.2) is 0 Å². The number of hydrogen-bond donors (Lipinski definition) is 1. The lowest BCUT2D eigenvalue weighted by Gasteiger charge is -2.38. The number of piperazine rings is 1. The molecule has 2 aliphatic heterocycles. The first-order chi connectivity index (χ1) is 9.56. The van der Waals surface area contributed by atoms with Crippen molar-refractivity contribution >= 4 is 28.9 Å². The first-order valence-corrected chi connectivity index (χ1v) is 7.29. The third kappa shape index (κ3) is 2.24. The van der Waals surface area contributed by atoms with Crippen LogP contribution in [-0.2, 0) is 4.79 Å². The van der Waals surface area contributed by atoms with Gasteiger partial charge in [0.25, 0.3) is 0 Å². The largest absolute Gasteiger partial charge is 0.389 e. The van der Waals surface area contributed by atoms with Gasteiger partial charge < -0.3 is 15.5 Å². The summed E-state index contributed by atoms with van der Waals surface area (Å²) >= 11 is 5.12. The van der Waals surface area contributed by atoms with Crippen molar-refractivity contribution in [1.29, 1.82) is 0 Å². The van der Waals surface area contributed by atoms with Gasteiger partial charge in [-0.1, -0.05) is 12.2 Å². The molecular weight excluding hydrogens is 272 g/mol. The van der Waals surface area contributed by atoms with E-state index in [1.807, 2.05) is 24.0 Å². The van der Waals surface area contributed by atoms with Gasteiger partial charge in [0.1, 0.15) is 10.8 Å². The molecule has 2 fully saturated rings. The van der Waals surface area contributed by atoms with Gasteiger partial charge in [-0.15, -0.1) is 0 Å². The Morgan fingerprint density at radius 2 is 2.25 bits per heavy atom. The lowest BCUT2D eigenvalue weighted by atomic mass is 10.1. The Hall–Kier alpha value is -1.69. The Morgan fingerprint density at radius 1 is 1.45 bits per heavy atom. The van der Waals surface area contributed by atoms with Crippen molar-refractivity contribution in [2.45, 2.75) is 25.8 Å². The van der Waals surface area contributed by atoms with Crippen LogP contribution in [0.1, 0.15) is 24.1 Å². The Bertz CT molecular complexity index is 574. The number of thiocarbonyl (C=S) groups is 1. The SMILES string of the molecule is Cc1ccc(C(N)=S)c(N2CCN3C(=O)CCC3C2)n1. The van der Waals surface area contributed by atoms with Crippen molar-refractivity contribution in [3.05, 3.63) is 23.4 Å². The number of carbonyl (C=O) groups is 1. The molecule has 6 heteroatoms. The van der Waals surface area contributed by atoms with E-state index in [0.717, 1.165) is 43.1 Å². The summed E-state index contributed by atoms with van der Waals surface area (Å²) < 4.78 is 0. The first-order valence-electron chi connectivity index (χ1n) is 6.88. The molecule has 1 aromatic heterocycles. The van der Waals surface area contributed by atoms with Crippen molar-refractivity contribution in [2.75, 3.05) is 24.5 Å². The zero-order valence-corrected chi connectivity index (χ0v) is 12.3. The maximum absolute atomic E-state index is 11.7. The van der Waals surface area contributed by atoms with Gasteiger partial charge in [0.05, 0.1) is 5.56 Å². The van der Waals surface area contributed by atoms with E-state index in [9.17, 15) is 4.79 Å². The van der Waals surface area contributed by atoms with Crippen LogP contribution in [0, 0.1) is 6.92 Å². The molecule has 2 saturated heterocycles. The number of hydrogen-bond acceptors (Lipinski definition) is 4. The fourth-order valence-electron chi connectivity index (χ4n) is 3.03. The molecule has 1 aromatic rings. The van der Waals surface area contributed by atoms with Crippen LogP contribution in [0.25, 0.3) is 0 Å². The molecule has 3 rings (SSSR count). The number of nitrogens with zero attached hydrogens (tertiary/aromatic N) is 3. The molecule has 2 N–H and O–H groups in total. The molecule has 1 amide bonds. The molecule has 5 nitrogen and oxygen atoms in total. The van der Waals surface area contributed by atoms with Crippen LogP contribution in [0.2, 0.25) is 0 Å². The smallest absolute Gasteiger partial charge is 0.223 e. The highest BCUT2D eigenvalue weighted by Gasteiger charge is 2.36. The normalized spacial score (nSPS) is 22.1. The van der Waals surface area contributed by atoms with Crippen LogP contribution in [-0.4, -0.2) is 46.5 Å². The van der Waals surface area contributed by atoms with Gasteiger partial charge >= 0.3 is 0 Å². The lowest BCUT2D eigenvalue weighted by Crippen LogP contribution is -2.52. The molecule has 1 unspecified atom stereocenters. The van der Waals surface area contributed by atoms with E-state index in [4.69, 9.17) is 18.0 Å². The molecule has 0 aromatic carbocycles. The summed E-state index contributed by atoms with van der Waals surface area (Å²) in [7, 11) is 0. The summed E-state index contributed by atoms with van der Waals surface area (Å²) in [5.41, 5.74) is 7.57. The maximum atomic E-state index is 11.7. The summed E-state index contributed by atoms with van der Waals surface area (Å²) in [6, 6.07) is 4.16. The summed E-state index contributed by atoms with van der Waals surface area (Å²) in [6.07, 6.45) is 1.60. The highest BCUT2D eigenvalue weighted by atomic mass is 32.1. The molecule has 0 spiro atoms. The Kier molecular flexibility index (Phi) is 3.33. The summed E-state index contributed by atoms with van der Waals surface area (Å²) in [4.78, 5) is 20.9. The van der Waals surface area contributed by atoms with E-state index in [0.29, 0.717) is 17.5 Å². The number of carbonyl (C=O) groups excluding carboxylic acids is 1. The number of nitrogens with two attached hydrogens (primary N) is 1. The van der Waals surface area contributed by atoms with Crippen LogP contribution in [0.15, 0.2) is 12.1 Å². The fourth-order valence-corrected chi connectivity index (χ4v) is 3.19. The summed E-state index contributed by atoms with van der Waals surface area (Å²) in [5.74, 6) is 1.14. The Labute approximate surface area is 123 Å². The highest BCUT2D eigenvalue weighted by Crippen LogP contribution is 2.27. The minimum Gasteiger partial charge on any atom is -0.389 e. The average Bonchev–Trinajstić information content (AvgIpc) is 2.79. The quantitative estimate of drug-likeness (QED) is 0.818. The van der Waals surface area contributed by atoms with Gasteiger partial charge in [-0.2, -0.15) is 0 Å². The van der Waals surface area contributed by atoms with E-state index in [1.54, 1.807) is 0 Å². The van der Waals surface area contributed by atoms with Crippen LogP contribution in [0.4, 0.5) is 5.82 Å². The number of aryl methyl sites for hydroxylation is 1. The monoisotopic (exact) mass is 290 g/mol. The van der Waals surface area contributed by atoms with Crippen molar-refractivity contribution in [3.63, 3.8) is 0 Å². The third-order valence-corrected chi connectivity index (χ3v) is 4.29. The van der Waals surface area contributed by atoms with Gasteiger partial charge in [0, 0.05) is 37.8 Å². The van der Waals surface area contributed by atoms with Crippen molar-refractivity contribution in [1.82, 2.24) is 9.88 Å². The zero-order valence-electron chi connectivity index (χ0n) is 11.5. The molecule has 3 heterocycles. The minimum absolute atomic E-state index is 0.279. The van der Waals surface area contributed by atoms with E-state index in [-0.39, 0.29) is 5.91 Å². The fraction of sp³-hybridized carbons (Fsp3) is 0.500. The van der Waals surface area contributed by atoms with E-state index in [1.165, 1.54) is 0 Å². The number of pyridine rings is 1. The molecule has 0 radical (unpaired) electrons. The van der Waals surface area contributed by atoms with E-state index in [2.05, 4.69) is 9.88 Å². The van der Waals surface area contributed by atoms with E-state index < -0.39 is 0 Å². The average molecular weight is 290 g/mol. The van der Waals surface area contributed by atoms with Gasteiger partial charge in [0.2, 0.25) is 5.91 Å². The third-order valence-electron chi connectivity index (χ3n) is 4.07. The first kappa shape index (κ1) is 13.3. The van der Waals surface area contributed by atoms with Crippen molar-refractivity contribution in [2.24, 2.45) is 5.73 Å². The summed E-state index contributed by atoms with van der Waals surface area (Å²) in [5, 5.41) is 0. The maximum Gasteiger partial charge on any atom is 0.223 e. The van der Waals surface area contributed by atoms with Crippen LogP contribution in [0.3, 0.4) is 0 Å². The minimum atomic E-state index is 0.279.